The maximum absolute atomic E-state index is 6.04. The summed E-state index contributed by atoms with van der Waals surface area (Å²) >= 11 is 1.93. The molecule has 0 unspecified atom stereocenters. The van der Waals surface area contributed by atoms with Crippen LogP contribution in [0.15, 0.2) is 6.20 Å². The molecular formula is C17H28N4S. The van der Waals surface area contributed by atoms with E-state index in [4.69, 9.17) is 10.7 Å². The predicted molar refractivity (Wildman–Crippen MR) is 97.5 cm³/mol. The van der Waals surface area contributed by atoms with Crippen LogP contribution in [0.3, 0.4) is 0 Å². The summed E-state index contributed by atoms with van der Waals surface area (Å²) in [6.45, 7) is 5.36. The van der Waals surface area contributed by atoms with E-state index in [-0.39, 0.29) is 0 Å². The minimum atomic E-state index is 0.555. The number of aromatic nitrogens is 3. The number of anilines is 1. The van der Waals surface area contributed by atoms with Crippen LogP contribution in [0.5, 0.6) is 0 Å². The number of nitrogens with two attached hydrogens (primary N) is 1. The summed E-state index contributed by atoms with van der Waals surface area (Å²) < 4.78 is 2.39. The number of nitrogens with zero attached hydrogens (tertiary/aromatic N) is 3. The molecule has 2 aromatic rings. The average molecular weight is 321 g/mol. The minimum Gasteiger partial charge on any atom is -0.382 e. The van der Waals surface area contributed by atoms with Crippen molar-refractivity contribution in [3.05, 3.63) is 17.6 Å². The lowest BCUT2D eigenvalue weighted by Crippen LogP contribution is -2.05. The van der Waals surface area contributed by atoms with Gasteiger partial charge in [0, 0.05) is 19.2 Å². The van der Waals surface area contributed by atoms with Crippen LogP contribution in [0.1, 0.15) is 50.4 Å². The molecule has 0 atom stereocenters. The molecule has 0 amide bonds. The zero-order valence-corrected chi connectivity index (χ0v) is 14.9. The monoisotopic (exact) mass is 320 g/mol. The van der Waals surface area contributed by atoms with Gasteiger partial charge in [0.1, 0.15) is 11.3 Å². The van der Waals surface area contributed by atoms with Crippen molar-refractivity contribution >= 4 is 28.6 Å². The van der Waals surface area contributed by atoms with Crippen LogP contribution >= 0.6 is 11.8 Å². The normalized spacial score (nSPS) is 11.4. The smallest absolute Gasteiger partial charge is 0.151 e. The number of fused-ring (bicyclic) bond motifs is 1. The van der Waals surface area contributed by atoms with E-state index in [0.717, 1.165) is 18.5 Å². The molecule has 0 aliphatic heterocycles. The standard InChI is InChI=1S/C17H28N4S/c1-4-5-9-14-20-15-16(13(2)12-19-17(15)18)21(14)10-7-6-8-11-22-3/h12H,4-11H2,1-3H3,(H2,18,19). The second-order valence-electron chi connectivity index (χ2n) is 5.86. The lowest BCUT2D eigenvalue weighted by molar-refractivity contribution is 0.584. The number of thioether (sulfide) groups is 1. The van der Waals surface area contributed by atoms with E-state index in [1.807, 2.05) is 18.0 Å². The number of unbranched alkanes of at least 4 members (excludes halogenated alkanes) is 3. The number of nitrogen functional groups attached to an aromatic ring is 1. The summed E-state index contributed by atoms with van der Waals surface area (Å²) in [7, 11) is 0. The van der Waals surface area contributed by atoms with E-state index in [9.17, 15) is 0 Å². The maximum atomic E-state index is 6.04. The first-order chi connectivity index (χ1) is 10.7. The predicted octanol–water partition coefficient (Wildman–Crippen LogP) is 4.20. The number of rotatable bonds is 9. The molecule has 0 bridgehead atoms. The molecule has 0 aliphatic carbocycles. The molecule has 122 valence electrons. The molecule has 0 radical (unpaired) electrons. The van der Waals surface area contributed by atoms with Crippen molar-refractivity contribution in [2.24, 2.45) is 0 Å². The van der Waals surface area contributed by atoms with Crippen LogP contribution in [-0.4, -0.2) is 26.5 Å². The fourth-order valence-electron chi connectivity index (χ4n) is 2.83. The van der Waals surface area contributed by atoms with E-state index in [0.29, 0.717) is 5.82 Å². The van der Waals surface area contributed by atoms with Crippen molar-refractivity contribution in [3.8, 4) is 0 Å². The van der Waals surface area contributed by atoms with Crippen molar-refractivity contribution in [1.82, 2.24) is 14.5 Å². The molecule has 2 rings (SSSR count). The molecule has 5 heteroatoms. The molecule has 22 heavy (non-hydrogen) atoms. The van der Waals surface area contributed by atoms with E-state index in [1.54, 1.807) is 0 Å². The number of hydrogen-bond acceptors (Lipinski definition) is 4. The molecule has 0 fully saturated rings. The second kappa shape index (κ2) is 8.42. The first-order valence-corrected chi connectivity index (χ1v) is 9.67. The van der Waals surface area contributed by atoms with Gasteiger partial charge < -0.3 is 10.3 Å². The van der Waals surface area contributed by atoms with Crippen LogP contribution in [0.4, 0.5) is 5.82 Å². The average Bonchev–Trinajstić information content (AvgIpc) is 2.88. The number of hydrogen-bond donors (Lipinski definition) is 1. The highest BCUT2D eigenvalue weighted by atomic mass is 32.2. The Balaban J connectivity index is 2.25. The molecule has 0 spiro atoms. The number of pyridine rings is 1. The molecule has 0 saturated heterocycles. The first-order valence-electron chi connectivity index (χ1n) is 8.28. The summed E-state index contributed by atoms with van der Waals surface area (Å²) in [5.74, 6) is 2.98. The van der Waals surface area contributed by atoms with Gasteiger partial charge in [-0.1, -0.05) is 19.8 Å². The summed E-state index contributed by atoms with van der Waals surface area (Å²) in [5, 5.41) is 0. The number of aryl methyl sites for hydroxylation is 3. The third kappa shape index (κ3) is 3.94. The largest absolute Gasteiger partial charge is 0.382 e. The zero-order valence-electron chi connectivity index (χ0n) is 14.1. The Labute approximate surface area is 137 Å². The zero-order chi connectivity index (χ0) is 15.9. The van der Waals surface area contributed by atoms with E-state index in [2.05, 4.69) is 29.7 Å². The number of imidazole rings is 1. The third-order valence-corrected chi connectivity index (χ3v) is 4.74. The van der Waals surface area contributed by atoms with Gasteiger partial charge in [0.05, 0.1) is 5.52 Å². The van der Waals surface area contributed by atoms with Gasteiger partial charge in [0.15, 0.2) is 5.82 Å². The molecule has 0 saturated carbocycles. The quantitative estimate of drug-likeness (QED) is 0.704. The molecule has 4 nitrogen and oxygen atoms in total. The van der Waals surface area contributed by atoms with Crippen molar-refractivity contribution < 1.29 is 0 Å². The van der Waals surface area contributed by atoms with Gasteiger partial charge in [-0.2, -0.15) is 11.8 Å². The van der Waals surface area contributed by atoms with Crippen LogP contribution in [0, 0.1) is 6.92 Å². The lowest BCUT2D eigenvalue weighted by atomic mass is 10.2. The van der Waals surface area contributed by atoms with Gasteiger partial charge >= 0.3 is 0 Å². The highest BCUT2D eigenvalue weighted by Gasteiger charge is 2.15. The Morgan fingerprint density at radius 2 is 2.05 bits per heavy atom. The Morgan fingerprint density at radius 1 is 1.23 bits per heavy atom. The minimum absolute atomic E-state index is 0.555. The van der Waals surface area contributed by atoms with Gasteiger partial charge in [-0.05, 0) is 43.8 Å². The maximum Gasteiger partial charge on any atom is 0.151 e. The third-order valence-electron chi connectivity index (χ3n) is 4.04. The first kappa shape index (κ1) is 17.1. The Kier molecular flexibility index (Phi) is 6.55. The molecular weight excluding hydrogens is 292 g/mol. The lowest BCUT2D eigenvalue weighted by Gasteiger charge is -2.10. The van der Waals surface area contributed by atoms with Gasteiger partial charge in [0.25, 0.3) is 0 Å². The van der Waals surface area contributed by atoms with Gasteiger partial charge in [-0.3, -0.25) is 0 Å². The van der Waals surface area contributed by atoms with Crippen LogP contribution in [-0.2, 0) is 13.0 Å². The van der Waals surface area contributed by atoms with Crippen molar-refractivity contribution in [2.75, 3.05) is 17.7 Å². The highest BCUT2D eigenvalue weighted by molar-refractivity contribution is 7.98. The fraction of sp³-hybridized carbons (Fsp3) is 0.647. The second-order valence-corrected chi connectivity index (χ2v) is 6.85. The highest BCUT2D eigenvalue weighted by Crippen LogP contribution is 2.25. The van der Waals surface area contributed by atoms with Gasteiger partial charge in [0.2, 0.25) is 0 Å². The van der Waals surface area contributed by atoms with Crippen LogP contribution in [0.2, 0.25) is 0 Å². The van der Waals surface area contributed by atoms with Gasteiger partial charge in [-0.15, -0.1) is 0 Å². The molecule has 2 N–H and O–H groups in total. The van der Waals surface area contributed by atoms with E-state index >= 15 is 0 Å². The van der Waals surface area contributed by atoms with Gasteiger partial charge in [-0.25, -0.2) is 9.97 Å². The Morgan fingerprint density at radius 3 is 2.77 bits per heavy atom. The van der Waals surface area contributed by atoms with Crippen molar-refractivity contribution in [3.63, 3.8) is 0 Å². The summed E-state index contributed by atoms with van der Waals surface area (Å²) in [6.07, 6.45) is 11.2. The van der Waals surface area contributed by atoms with Crippen molar-refractivity contribution in [2.45, 2.75) is 58.9 Å². The summed E-state index contributed by atoms with van der Waals surface area (Å²) in [4.78, 5) is 9.06. The molecule has 0 aromatic carbocycles. The molecule has 0 aliphatic rings. The summed E-state index contributed by atoms with van der Waals surface area (Å²) in [5.41, 5.74) is 9.28. The molecule has 2 heterocycles. The Bertz CT molecular complexity index is 606. The fourth-order valence-corrected chi connectivity index (χ4v) is 3.32. The summed E-state index contributed by atoms with van der Waals surface area (Å²) in [6, 6.07) is 0. The van der Waals surface area contributed by atoms with E-state index in [1.165, 1.54) is 54.8 Å². The topological polar surface area (TPSA) is 56.7 Å². The van der Waals surface area contributed by atoms with E-state index < -0.39 is 0 Å². The molecule has 2 aromatic heterocycles. The SMILES string of the molecule is CCCCc1nc2c(N)ncc(C)c2n1CCCCCSC. The van der Waals surface area contributed by atoms with Crippen molar-refractivity contribution in [1.29, 1.82) is 0 Å². The van der Waals surface area contributed by atoms with Crippen LogP contribution < -0.4 is 5.73 Å². The van der Waals surface area contributed by atoms with Crippen LogP contribution in [0.25, 0.3) is 11.0 Å². The Hall–Kier alpha value is -1.23.